The van der Waals surface area contributed by atoms with Crippen molar-refractivity contribution >= 4 is 17.3 Å². The molecule has 3 aromatic rings. The number of aliphatic hydroxyl groups excluding tert-OH is 1. The zero-order valence-electron chi connectivity index (χ0n) is 20.2. The molecule has 0 spiro atoms. The molecule has 35 heavy (non-hydrogen) atoms. The summed E-state index contributed by atoms with van der Waals surface area (Å²) >= 11 is 0. The van der Waals surface area contributed by atoms with E-state index in [2.05, 4.69) is 90.2 Å². The topological polar surface area (TPSA) is 85.0 Å². The van der Waals surface area contributed by atoms with E-state index in [1.807, 2.05) is 0 Å². The second-order valence-electron chi connectivity index (χ2n) is 9.23. The van der Waals surface area contributed by atoms with Crippen LogP contribution in [0, 0.1) is 0 Å². The Labute approximate surface area is 207 Å². The second kappa shape index (κ2) is 11.0. The van der Waals surface area contributed by atoms with Crippen molar-refractivity contribution in [3.63, 3.8) is 0 Å². The lowest BCUT2D eigenvalue weighted by Crippen LogP contribution is -2.49. The number of hydrogen-bond acceptors (Lipinski definition) is 8. The zero-order chi connectivity index (χ0) is 24.0. The van der Waals surface area contributed by atoms with Gasteiger partial charge in [0.1, 0.15) is 12.0 Å². The number of anilines is 3. The fourth-order valence-corrected chi connectivity index (χ4v) is 5.28. The lowest BCUT2D eigenvalue weighted by atomic mass is 9.96. The van der Waals surface area contributed by atoms with Crippen molar-refractivity contribution in [3.8, 4) is 0 Å². The summed E-state index contributed by atoms with van der Waals surface area (Å²) in [4.78, 5) is 18.5. The van der Waals surface area contributed by atoms with Crippen molar-refractivity contribution in [1.29, 1.82) is 0 Å². The van der Waals surface area contributed by atoms with Crippen LogP contribution in [0.2, 0.25) is 0 Å². The normalized spacial score (nSPS) is 17.8. The number of nitrogen functional groups attached to an aromatic ring is 1. The molecule has 0 amide bonds. The maximum absolute atomic E-state index is 9.20. The Hall–Kier alpha value is -3.20. The maximum atomic E-state index is 9.20. The lowest BCUT2D eigenvalue weighted by Gasteiger charge is -2.41. The van der Waals surface area contributed by atoms with E-state index in [0.29, 0.717) is 5.69 Å². The van der Waals surface area contributed by atoms with Gasteiger partial charge < -0.3 is 20.6 Å². The van der Waals surface area contributed by atoms with Crippen molar-refractivity contribution < 1.29 is 5.11 Å². The quantitative estimate of drug-likeness (QED) is 0.540. The van der Waals surface area contributed by atoms with Crippen molar-refractivity contribution in [2.24, 2.45) is 0 Å². The Morgan fingerprint density at radius 2 is 1.20 bits per heavy atom. The van der Waals surface area contributed by atoms with E-state index in [0.717, 1.165) is 70.5 Å². The first-order chi connectivity index (χ1) is 17.2. The molecular weight excluding hydrogens is 438 g/mol. The van der Waals surface area contributed by atoms with Crippen LogP contribution in [-0.4, -0.2) is 90.4 Å². The van der Waals surface area contributed by atoms with Crippen LogP contribution in [-0.2, 0) is 0 Å². The average Bonchev–Trinajstić information content (AvgIpc) is 2.92. The van der Waals surface area contributed by atoms with Gasteiger partial charge in [-0.25, -0.2) is 9.97 Å². The van der Waals surface area contributed by atoms with Gasteiger partial charge in [0.05, 0.1) is 12.6 Å². The van der Waals surface area contributed by atoms with Gasteiger partial charge in [0, 0.05) is 58.9 Å². The summed E-state index contributed by atoms with van der Waals surface area (Å²) in [5.41, 5.74) is 9.94. The van der Waals surface area contributed by atoms with Crippen LogP contribution in [0.1, 0.15) is 17.2 Å². The molecule has 0 saturated carbocycles. The third kappa shape index (κ3) is 5.24. The van der Waals surface area contributed by atoms with Crippen molar-refractivity contribution in [3.05, 3.63) is 78.1 Å². The summed E-state index contributed by atoms with van der Waals surface area (Å²) in [5.74, 6) is 1.66. The largest absolute Gasteiger partial charge is 0.395 e. The molecule has 2 aromatic carbocycles. The fraction of sp³-hybridized carbons (Fsp3) is 0.407. The molecule has 0 unspecified atom stereocenters. The van der Waals surface area contributed by atoms with Gasteiger partial charge in [0.15, 0.2) is 11.6 Å². The van der Waals surface area contributed by atoms with Crippen LogP contribution < -0.4 is 15.5 Å². The van der Waals surface area contributed by atoms with Crippen LogP contribution in [0.3, 0.4) is 0 Å². The molecule has 5 rings (SSSR count). The highest BCUT2D eigenvalue weighted by Crippen LogP contribution is 2.33. The third-order valence-corrected chi connectivity index (χ3v) is 7.14. The van der Waals surface area contributed by atoms with Gasteiger partial charge in [-0.2, -0.15) is 0 Å². The molecule has 1 aromatic heterocycles. The van der Waals surface area contributed by atoms with Crippen molar-refractivity contribution in [2.45, 2.75) is 6.04 Å². The van der Waals surface area contributed by atoms with Gasteiger partial charge in [-0.05, 0) is 11.1 Å². The first-order valence-corrected chi connectivity index (χ1v) is 12.5. The molecule has 2 fully saturated rings. The Balaban J connectivity index is 1.29. The monoisotopic (exact) mass is 473 g/mol. The van der Waals surface area contributed by atoms with E-state index in [9.17, 15) is 5.11 Å². The number of piperazine rings is 2. The zero-order valence-corrected chi connectivity index (χ0v) is 20.2. The molecule has 3 N–H and O–H groups in total. The van der Waals surface area contributed by atoms with Crippen LogP contribution in [0.25, 0.3) is 0 Å². The van der Waals surface area contributed by atoms with Gasteiger partial charge in [0.25, 0.3) is 0 Å². The maximum Gasteiger partial charge on any atom is 0.157 e. The molecule has 2 saturated heterocycles. The number of rotatable bonds is 7. The summed E-state index contributed by atoms with van der Waals surface area (Å²) < 4.78 is 0. The number of aliphatic hydroxyl groups is 1. The number of nitrogens with zero attached hydrogens (tertiary/aromatic N) is 6. The molecule has 0 bridgehead atoms. The highest BCUT2D eigenvalue weighted by Gasteiger charge is 2.29. The number of hydrogen-bond donors (Lipinski definition) is 2. The highest BCUT2D eigenvalue weighted by atomic mass is 16.3. The molecule has 0 atom stereocenters. The Morgan fingerprint density at radius 3 is 1.69 bits per heavy atom. The Kier molecular flexibility index (Phi) is 7.42. The Bertz CT molecular complexity index is 1030. The van der Waals surface area contributed by atoms with Crippen molar-refractivity contribution in [1.82, 2.24) is 19.8 Å². The SMILES string of the molecule is Nc1c(N2CCN(CCO)CC2)ncnc1N1CCN(C(c2ccccc2)c2ccccc2)CC1. The molecule has 0 aliphatic carbocycles. The molecule has 8 nitrogen and oxygen atoms in total. The van der Waals surface area contributed by atoms with E-state index >= 15 is 0 Å². The van der Waals surface area contributed by atoms with Gasteiger partial charge in [-0.3, -0.25) is 9.80 Å². The van der Waals surface area contributed by atoms with Crippen molar-refractivity contribution in [2.75, 3.05) is 81.0 Å². The minimum absolute atomic E-state index is 0.196. The van der Waals surface area contributed by atoms with E-state index in [-0.39, 0.29) is 12.6 Å². The van der Waals surface area contributed by atoms with Crippen LogP contribution in [0.5, 0.6) is 0 Å². The number of aromatic nitrogens is 2. The minimum atomic E-state index is 0.196. The standard InChI is InChI=1S/C27H35N7O/c28-24-26(33-13-11-31(12-14-33)19-20-35)29-21-30-27(24)34-17-15-32(16-18-34)25(22-7-3-1-4-8-22)23-9-5-2-6-10-23/h1-10,21,25,35H,11-20,28H2. The van der Waals surface area contributed by atoms with E-state index < -0.39 is 0 Å². The van der Waals surface area contributed by atoms with E-state index in [1.165, 1.54) is 11.1 Å². The van der Waals surface area contributed by atoms with Gasteiger partial charge in [-0.15, -0.1) is 0 Å². The predicted molar refractivity (Wildman–Crippen MR) is 141 cm³/mol. The van der Waals surface area contributed by atoms with Crippen LogP contribution >= 0.6 is 0 Å². The number of benzene rings is 2. The molecule has 2 aliphatic rings. The lowest BCUT2D eigenvalue weighted by molar-refractivity contribution is 0.188. The van der Waals surface area contributed by atoms with Gasteiger partial charge in [-0.1, -0.05) is 60.7 Å². The second-order valence-corrected chi connectivity index (χ2v) is 9.23. The van der Waals surface area contributed by atoms with E-state index in [4.69, 9.17) is 5.73 Å². The predicted octanol–water partition coefficient (Wildman–Crippen LogP) is 2.08. The summed E-state index contributed by atoms with van der Waals surface area (Å²) in [7, 11) is 0. The molecule has 184 valence electrons. The molecule has 3 heterocycles. The smallest absolute Gasteiger partial charge is 0.157 e. The van der Waals surface area contributed by atoms with Crippen LogP contribution in [0.15, 0.2) is 67.0 Å². The first-order valence-electron chi connectivity index (χ1n) is 12.5. The van der Waals surface area contributed by atoms with Gasteiger partial charge in [0.2, 0.25) is 0 Å². The van der Waals surface area contributed by atoms with Crippen LogP contribution in [0.4, 0.5) is 17.3 Å². The first kappa shape index (κ1) is 23.5. The Morgan fingerprint density at radius 1 is 0.714 bits per heavy atom. The summed E-state index contributed by atoms with van der Waals surface area (Å²) in [6.07, 6.45) is 1.64. The van der Waals surface area contributed by atoms with Gasteiger partial charge >= 0.3 is 0 Å². The molecule has 0 radical (unpaired) electrons. The minimum Gasteiger partial charge on any atom is -0.395 e. The fourth-order valence-electron chi connectivity index (χ4n) is 5.28. The summed E-state index contributed by atoms with van der Waals surface area (Å²) in [5, 5.41) is 9.20. The molecule has 2 aliphatic heterocycles. The number of β-amino-alcohol motifs (C(OH)–C–C–N with tert-alkyl or cyclic N) is 1. The summed E-state index contributed by atoms with van der Waals surface area (Å²) in [6, 6.07) is 21.7. The average molecular weight is 474 g/mol. The molecular formula is C27H35N7O. The molecule has 8 heteroatoms. The highest BCUT2D eigenvalue weighted by molar-refractivity contribution is 5.76. The number of nitrogens with two attached hydrogens (primary N) is 1. The summed E-state index contributed by atoms with van der Waals surface area (Å²) in [6.45, 7) is 7.99. The van der Waals surface area contributed by atoms with E-state index in [1.54, 1.807) is 6.33 Å². The third-order valence-electron chi connectivity index (χ3n) is 7.14.